The van der Waals surface area contributed by atoms with Gasteiger partial charge in [-0.1, -0.05) is 12.1 Å². The Hall–Kier alpha value is -3.06. The topological polar surface area (TPSA) is 71.1 Å². The molecule has 0 saturated carbocycles. The maximum Gasteiger partial charge on any atom is 0.258 e. The lowest BCUT2D eigenvalue weighted by Crippen LogP contribution is -2.37. The minimum atomic E-state index is -0.402. The number of carbonyl (C=O) groups is 1. The van der Waals surface area contributed by atoms with Crippen molar-refractivity contribution in [2.24, 2.45) is 0 Å². The summed E-state index contributed by atoms with van der Waals surface area (Å²) in [4.78, 5) is 19.1. The molecule has 1 amide bonds. The van der Waals surface area contributed by atoms with Crippen LogP contribution < -0.4 is 0 Å². The molecule has 1 aromatic carbocycles. The molecular weight excluding hydrogens is 359 g/mol. The Kier molecular flexibility index (Phi) is 5.43. The van der Waals surface area contributed by atoms with E-state index in [2.05, 4.69) is 15.2 Å². The first-order chi connectivity index (χ1) is 13.7. The fourth-order valence-corrected chi connectivity index (χ4v) is 3.45. The van der Waals surface area contributed by atoms with Crippen molar-refractivity contribution in [1.29, 1.82) is 0 Å². The number of ether oxygens (including phenoxy) is 1. The third kappa shape index (κ3) is 3.94. The van der Waals surface area contributed by atoms with Gasteiger partial charge in [-0.3, -0.25) is 14.9 Å². The predicted octanol–water partition coefficient (Wildman–Crippen LogP) is 3.43. The highest BCUT2D eigenvalue weighted by atomic mass is 19.1. The number of hydrogen-bond donors (Lipinski definition) is 1. The Balaban J connectivity index is 1.64. The number of carbonyl (C=O) groups excluding carboxylic acids is 1. The first-order valence-corrected chi connectivity index (χ1v) is 9.30. The minimum absolute atomic E-state index is 0.00889. The average Bonchev–Trinajstić information content (AvgIpc) is 3.40. The summed E-state index contributed by atoms with van der Waals surface area (Å²) < 4.78 is 20.0. The van der Waals surface area contributed by atoms with Gasteiger partial charge >= 0.3 is 0 Å². The summed E-state index contributed by atoms with van der Waals surface area (Å²) in [6, 6.07) is 10.1. The van der Waals surface area contributed by atoms with Crippen molar-refractivity contribution in [1.82, 2.24) is 20.1 Å². The number of hydrogen-bond acceptors (Lipinski definition) is 4. The molecule has 0 spiro atoms. The van der Waals surface area contributed by atoms with Crippen LogP contribution in [0.15, 0.2) is 55.0 Å². The van der Waals surface area contributed by atoms with Gasteiger partial charge in [-0.25, -0.2) is 4.39 Å². The van der Waals surface area contributed by atoms with Crippen LogP contribution in [0.25, 0.3) is 11.3 Å². The number of nitrogens with zero attached hydrogens (tertiary/aromatic N) is 3. The van der Waals surface area contributed by atoms with Crippen molar-refractivity contribution in [2.75, 3.05) is 13.2 Å². The van der Waals surface area contributed by atoms with Crippen LogP contribution in [0.5, 0.6) is 0 Å². The van der Waals surface area contributed by atoms with Crippen LogP contribution in [0.3, 0.4) is 0 Å². The molecule has 0 aliphatic carbocycles. The van der Waals surface area contributed by atoms with Gasteiger partial charge in [0.15, 0.2) is 0 Å². The molecule has 6 nitrogen and oxygen atoms in total. The number of pyridine rings is 1. The largest absolute Gasteiger partial charge is 0.376 e. The molecule has 0 bridgehead atoms. The number of nitrogens with one attached hydrogen (secondary N) is 1. The van der Waals surface area contributed by atoms with E-state index >= 15 is 0 Å². The molecule has 3 heterocycles. The van der Waals surface area contributed by atoms with E-state index in [1.54, 1.807) is 35.5 Å². The lowest BCUT2D eigenvalue weighted by Gasteiger charge is -2.25. The Morgan fingerprint density at radius 3 is 2.82 bits per heavy atom. The summed E-state index contributed by atoms with van der Waals surface area (Å²) in [5.41, 5.74) is 2.02. The zero-order chi connectivity index (χ0) is 19.3. The van der Waals surface area contributed by atoms with Crippen LogP contribution in [-0.4, -0.2) is 45.2 Å². The van der Waals surface area contributed by atoms with Crippen LogP contribution in [0.1, 0.15) is 28.8 Å². The molecule has 144 valence electrons. The van der Waals surface area contributed by atoms with E-state index in [0.717, 1.165) is 18.4 Å². The molecule has 1 N–H and O–H groups in total. The second-order valence-corrected chi connectivity index (χ2v) is 6.81. The molecule has 0 unspecified atom stereocenters. The van der Waals surface area contributed by atoms with Gasteiger partial charge in [0, 0.05) is 37.7 Å². The fraction of sp³-hybridized carbons (Fsp3) is 0.286. The van der Waals surface area contributed by atoms with Crippen LogP contribution in [0, 0.1) is 5.82 Å². The van der Waals surface area contributed by atoms with E-state index in [4.69, 9.17) is 4.74 Å². The van der Waals surface area contributed by atoms with Crippen LogP contribution in [-0.2, 0) is 11.3 Å². The number of H-pyrrole nitrogens is 1. The fourth-order valence-electron chi connectivity index (χ4n) is 3.45. The highest BCUT2D eigenvalue weighted by molar-refractivity contribution is 5.99. The zero-order valence-electron chi connectivity index (χ0n) is 15.3. The van der Waals surface area contributed by atoms with Crippen molar-refractivity contribution in [3.63, 3.8) is 0 Å². The summed E-state index contributed by atoms with van der Waals surface area (Å²) in [7, 11) is 0. The summed E-state index contributed by atoms with van der Waals surface area (Å²) in [5.74, 6) is -0.611. The first kappa shape index (κ1) is 18.3. The SMILES string of the molecule is O=C(c1cn[nH]c1-c1ccccc1F)N(Cc1ccncc1)C[C@@H]1CCCO1. The first-order valence-electron chi connectivity index (χ1n) is 9.30. The van der Waals surface area contributed by atoms with Gasteiger partial charge in [-0.15, -0.1) is 0 Å². The monoisotopic (exact) mass is 380 g/mol. The molecule has 1 fully saturated rings. The molecule has 1 aliphatic heterocycles. The van der Waals surface area contributed by atoms with Gasteiger partial charge in [0.05, 0.1) is 23.6 Å². The van der Waals surface area contributed by atoms with Crippen LogP contribution >= 0.6 is 0 Å². The number of aromatic nitrogens is 3. The molecule has 1 atom stereocenters. The minimum Gasteiger partial charge on any atom is -0.376 e. The maximum atomic E-state index is 14.3. The molecule has 3 aromatic rings. The Morgan fingerprint density at radius 1 is 1.25 bits per heavy atom. The Bertz CT molecular complexity index is 938. The van der Waals surface area contributed by atoms with Gasteiger partial charge in [-0.2, -0.15) is 5.10 Å². The average molecular weight is 380 g/mol. The molecule has 2 aromatic heterocycles. The normalized spacial score (nSPS) is 16.2. The standard InChI is InChI=1S/C21H21FN4O2/c22-19-6-2-1-5-17(19)20-18(12-24-25-20)21(27)26(14-16-4-3-11-28-16)13-15-7-9-23-10-8-15/h1-2,5-10,12,16H,3-4,11,13-14H2,(H,24,25)/t16-/m0/s1. The third-order valence-corrected chi connectivity index (χ3v) is 4.87. The van der Waals surface area contributed by atoms with E-state index in [9.17, 15) is 9.18 Å². The number of aromatic amines is 1. The maximum absolute atomic E-state index is 14.3. The van der Waals surface area contributed by atoms with Crippen molar-refractivity contribution in [2.45, 2.75) is 25.5 Å². The van der Waals surface area contributed by atoms with Gasteiger partial charge < -0.3 is 9.64 Å². The highest BCUT2D eigenvalue weighted by Gasteiger charge is 2.27. The van der Waals surface area contributed by atoms with Gasteiger partial charge in [0.1, 0.15) is 5.82 Å². The van der Waals surface area contributed by atoms with Crippen molar-refractivity contribution >= 4 is 5.91 Å². The Labute approximate surface area is 162 Å². The quantitative estimate of drug-likeness (QED) is 0.711. The summed E-state index contributed by atoms with van der Waals surface area (Å²) in [6.45, 7) is 1.61. The lowest BCUT2D eigenvalue weighted by molar-refractivity contribution is 0.0508. The van der Waals surface area contributed by atoms with E-state index < -0.39 is 5.82 Å². The molecule has 4 rings (SSSR count). The van der Waals surface area contributed by atoms with Crippen LogP contribution in [0.4, 0.5) is 4.39 Å². The number of halogens is 1. The van der Waals surface area contributed by atoms with Crippen molar-refractivity contribution < 1.29 is 13.9 Å². The summed E-state index contributed by atoms with van der Waals surface area (Å²) in [5, 5.41) is 6.78. The van der Waals surface area contributed by atoms with E-state index in [1.807, 2.05) is 12.1 Å². The second-order valence-electron chi connectivity index (χ2n) is 6.81. The lowest BCUT2D eigenvalue weighted by atomic mass is 10.1. The van der Waals surface area contributed by atoms with Gasteiger partial charge in [0.25, 0.3) is 5.91 Å². The summed E-state index contributed by atoms with van der Waals surface area (Å²) in [6.07, 6.45) is 6.79. The summed E-state index contributed by atoms with van der Waals surface area (Å²) >= 11 is 0. The molecule has 28 heavy (non-hydrogen) atoms. The zero-order valence-corrected chi connectivity index (χ0v) is 15.3. The smallest absolute Gasteiger partial charge is 0.258 e. The Morgan fingerprint density at radius 2 is 2.07 bits per heavy atom. The van der Waals surface area contributed by atoms with Gasteiger partial charge in [-0.05, 0) is 42.7 Å². The molecule has 1 saturated heterocycles. The molecule has 1 aliphatic rings. The molecular formula is C21H21FN4O2. The van der Waals surface area contributed by atoms with E-state index in [1.165, 1.54) is 12.3 Å². The van der Waals surface area contributed by atoms with Crippen LogP contribution in [0.2, 0.25) is 0 Å². The number of rotatable bonds is 6. The highest BCUT2D eigenvalue weighted by Crippen LogP contribution is 2.26. The number of benzene rings is 1. The number of amides is 1. The van der Waals surface area contributed by atoms with Gasteiger partial charge in [0.2, 0.25) is 0 Å². The van der Waals surface area contributed by atoms with Crippen molar-refractivity contribution in [3.05, 3.63) is 71.9 Å². The second kappa shape index (κ2) is 8.31. The predicted molar refractivity (Wildman–Crippen MR) is 102 cm³/mol. The van der Waals surface area contributed by atoms with E-state index in [-0.39, 0.29) is 12.0 Å². The third-order valence-electron chi connectivity index (χ3n) is 4.87. The van der Waals surface area contributed by atoms with E-state index in [0.29, 0.717) is 36.5 Å². The molecule has 0 radical (unpaired) electrons. The molecule has 7 heteroatoms. The van der Waals surface area contributed by atoms with Crippen molar-refractivity contribution in [3.8, 4) is 11.3 Å².